The summed E-state index contributed by atoms with van der Waals surface area (Å²) >= 11 is 0. The molecule has 1 atom stereocenters. The first-order valence-corrected chi connectivity index (χ1v) is 16.0. The summed E-state index contributed by atoms with van der Waals surface area (Å²) in [5.74, 6) is 2.52. The molecule has 2 fully saturated rings. The van der Waals surface area contributed by atoms with Gasteiger partial charge in [-0.1, -0.05) is 96.0 Å². The molecule has 2 aromatic rings. The normalized spacial score (nSPS) is 22.5. The van der Waals surface area contributed by atoms with Crippen LogP contribution in [0.2, 0.25) is 0 Å². The van der Waals surface area contributed by atoms with Crippen LogP contribution in [0.1, 0.15) is 134 Å². The van der Waals surface area contributed by atoms with Gasteiger partial charge in [-0.05, 0) is 116 Å². The molecule has 2 aromatic carbocycles. The standard InChI is InChI=1S/C36H55N/c1-5-7-10-23-36(24-11-9-12-25-36)33-18-13-30(14-19-33)29(4)32-17-22-35(28(3)27-32)31-15-20-34(21-16-31)37-26-8-6-2/h15-17,20-22,27,29-30,33,37H,5-14,18-19,23-26H2,1-4H3/t29?,30-,33-. The zero-order valence-electron chi connectivity index (χ0n) is 24.6. The second kappa shape index (κ2) is 13.9. The van der Waals surface area contributed by atoms with Crippen LogP contribution < -0.4 is 5.32 Å². The third kappa shape index (κ3) is 7.21. The molecule has 4 rings (SSSR count). The van der Waals surface area contributed by atoms with Gasteiger partial charge >= 0.3 is 0 Å². The molecule has 204 valence electrons. The topological polar surface area (TPSA) is 12.0 Å². The van der Waals surface area contributed by atoms with Gasteiger partial charge in [0.05, 0.1) is 0 Å². The molecule has 0 saturated heterocycles. The van der Waals surface area contributed by atoms with Crippen molar-refractivity contribution in [3.05, 3.63) is 53.6 Å². The van der Waals surface area contributed by atoms with Gasteiger partial charge in [0.1, 0.15) is 0 Å². The minimum Gasteiger partial charge on any atom is -0.385 e. The number of aryl methyl sites for hydroxylation is 1. The van der Waals surface area contributed by atoms with Gasteiger partial charge in [0, 0.05) is 12.2 Å². The largest absolute Gasteiger partial charge is 0.385 e. The Bertz CT molecular complexity index is 928. The Labute approximate surface area is 229 Å². The fraction of sp³-hybridized carbons (Fsp3) is 0.667. The molecule has 0 spiro atoms. The van der Waals surface area contributed by atoms with Gasteiger partial charge in [-0.15, -0.1) is 0 Å². The molecule has 2 aliphatic carbocycles. The van der Waals surface area contributed by atoms with Gasteiger partial charge in [0.25, 0.3) is 0 Å². The molecule has 1 nitrogen and oxygen atoms in total. The van der Waals surface area contributed by atoms with Gasteiger partial charge in [0.2, 0.25) is 0 Å². The lowest BCUT2D eigenvalue weighted by Crippen LogP contribution is -2.36. The first-order chi connectivity index (χ1) is 18.1. The van der Waals surface area contributed by atoms with E-state index in [1.165, 1.54) is 119 Å². The van der Waals surface area contributed by atoms with Crippen LogP contribution in [0.25, 0.3) is 11.1 Å². The molecular weight excluding hydrogens is 446 g/mol. The number of hydrogen-bond donors (Lipinski definition) is 1. The third-order valence-corrected chi connectivity index (χ3v) is 10.3. The number of benzene rings is 2. The molecule has 0 aliphatic heterocycles. The quantitative estimate of drug-likeness (QED) is 0.285. The SMILES string of the molecule is CCCCCC1([C@H]2CC[C@H](C(C)c3ccc(-c4ccc(NCCCC)cc4)c(C)c3)CC2)CCCCC1. The monoisotopic (exact) mass is 501 g/mol. The maximum atomic E-state index is 3.54. The lowest BCUT2D eigenvalue weighted by Gasteiger charge is -2.47. The van der Waals surface area contributed by atoms with Gasteiger partial charge in [0.15, 0.2) is 0 Å². The number of rotatable bonds is 12. The zero-order chi connectivity index (χ0) is 26.1. The Balaban J connectivity index is 1.36. The summed E-state index contributed by atoms with van der Waals surface area (Å²) in [5.41, 5.74) is 7.61. The summed E-state index contributed by atoms with van der Waals surface area (Å²) in [4.78, 5) is 0. The average Bonchev–Trinajstić information content (AvgIpc) is 2.94. The number of hydrogen-bond acceptors (Lipinski definition) is 1. The predicted octanol–water partition coefficient (Wildman–Crippen LogP) is 11.3. The smallest absolute Gasteiger partial charge is 0.0340 e. The van der Waals surface area contributed by atoms with E-state index in [1.807, 2.05) is 0 Å². The van der Waals surface area contributed by atoms with Gasteiger partial charge < -0.3 is 5.32 Å². The van der Waals surface area contributed by atoms with E-state index in [1.54, 1.807) is 5.56 Å². The summed E-state index contributed by atoms with van der Waals surface area (Å²) in [6.45, 7) is 10.5. The highest BCUT2D eigenvalue weighted by atomic mass is 14.9. The van der Waals surface area contributed by atoms with Crippen molar-refractivity contribution in [2.24, 2.45) is 17.3 Å². The van der Waals surface area contributed by atoms with Crippen LogP contribution in [0.15, 0.2) is 42.5 Å². The van der Waals surface area contributed by atoms with Crippen LogP contribution in [-0.4, -0.2) is 6.54 Å². The highest BCUT2D eigenvalue weighted by Crippen LogP contribution is 2.53. The first-order valence-electron chi connectivity index (χ1n) is 16.0. The van der Waals surface area contributed by atoms with Gasteiger partial charge in [-0.3, -0.25) is 0 Å². The van der Waals surface area contributed by atoms with E-state index in [0.29, 0.717) is 11.3 Å². The maximum Gasteiger partial charge on any atom is 0.0340 e. The van der Waals surface area contributed by atoms with Crippen molar-refractivity contribution in [2.45, 2.75) is 130 Å². The molecule has 1 heteroatoms. The van der Waals surface area contributed by atoms with E-state index in [2.05, 4.69) is 75.5 Å². The summed E-state index contributed by atoms with van der Waals surface area (Å²) in [7, 11) is 0. The lowest BCUT2D eigenvalue weighted by atomic mass is 9.58. The fourth-order valence-corrected chi connectivity index (χ4v) is 7.82. The molecule has 0 bridgehead atoms. The molecule has 0 heterocycles. The number of anilines is 1. The molecule has 1 N–H and O–H groups in total. The van der Waals surface area contributed by atoms with Crippen LogP contribution >= 0.6 is 0 Å². The van der Waals surface area contributed by atoms with Crippen molar-refractivity contribution in [3.8, 4) is 11.1 Å². The minimum absolute atomic E-state index is 0.668. The van der Waals surface area contributed by atoms with E-state index in [4.69, 9.17) is 0 Å². The van der Waals surface area contributed by atoms with Crippen LogP contribution in [0.4, 0.5) is 5.69 Å². The molecule has 2 aliphatic rings. The highest BCUT2D eigenvalue weighted by molar-refractivity contribution is 5.69. The van der Waals surface area contributed by atoms with Crippen molar-refractivity contribution in [2.75, 3.05) is 11.9 Å². The second-order valence-electron chi connectivity index (χ2n) is 12.7. The van der Waals surface area contributed by atoms with E-state index >= 15 is 0 Å². The van der Waals surface area contributed by atoms with Crippen LogP contribution in [0, 0.1) is 24.2 Å². The number of nitrogens with one attached hydrogen (secondary N) is 1. The van der Waals surface area contributed by atoms with Crippen LogP contribution in [-0.2, 0) is 0 Å². The van der Waals surface area contributed by atoms with Crippen molar-refractivity contribution in [1.29, 1.82) is 0 Å². The second-order valence-corrected chi connectivity index (χ2v) is 12.7. The van der Waals surface area contributed by atoms with E-state index in [9.17, 15) is 0 Å². The number of unbranched alkanes of at least 4 members (excludes halogenated alkanes) is 3. The van der Waals surface area contributed by atoms with E-state index < -0.39 is 0 Å². The Kier molecular flexibility index (Phi) is 10.6. The van der Waals surface area contributed by atoms with E-state index in [-0.39, 0.29) is 0 Å². The zero-order valence-corrected chi connectivity index (χ0v) is 24.6. The maximum absolute atomic E-state index is 3.54. The minimum atomic E-state index is 0.668. The summed E-state index contributed by atoms with van der Waals surface area (Å²) in [5, 5.41) is 3.54. The first kappa shape index (κ1) is 28.3. The van der Waals surface area contributed by atoms with Crippen molar-refractivity contribution >= 4 is 5.69 Å². The molecular formula is C36H55N. The van der Waals surface area contributed by atoms with Crippen molar-refractivity contribution < 1.29 is 0 Å². The molecule has 0 aromatic heterocycles. The van der Waals surface area contributed by atoms with Gasteiger partial charge in [-0.25, -0.2) is 0 Å². The molecule has 37 heavy (non-hydrogen) atoms. The van der Waals surface area contributed by atoms with Crippen LogP contribution in [0.5, 0.6) is 0 Å². The lowest BCUT2D eigenvalue weighted by molar-refractivity contribution is 0.0409. The highest BCUT2D eigenvalue weighted by Gasteiger charge is 2.41. The average molecular weight is 502 g/mol. The van der Waals surface area contributed by atoms with Gasteiger partial charge in [-0.2, -0.15) is 0 Å². The third-order valence-electron chi connectivity index (χ3n) is 10.3. The van der Waals surface area contributed by atoms with E-state index in [0.717, 1.165) is 18.4 Å². The van der Waals surface area contributed by atoms with Crippen LogP contribution in [0.3, 0.4) is 0 Å². The summed E-state index contributed by atoms with van der Waals surface area (Å²) in [6.07, 6.45) is 21.6. The van der Waals surface area contributed by atoms with Crippen molar-refractivity contribution in [1.82, 2.24) is 0 Å². The molecule has 2 saturated carbocycles. The summed E-state index contributed by atoms with van der Waals surface area (Å²) < 4.78 is 0. The Morgan fingerprint density at radius 1 is 0.838 bits per heavy atom. The molecule has 0 amide bonds. The predicted molar refractivity (Wildman–Crippen MR) is 164 cm³/mol. The molecule has 1 unspecified atom stereocenters. The van der Waals surface area contributed by atoms with Crippen molar-refractivity contribution in [3.63, 3.8) is 0 Å². The Morgan fingerprint density at radius 3 is 2.19 bits per heavy atom. The summed E-state index contributed by atoms with van der Waals surface area (Å²) in [6, 6.07) is 16.3. The Morgan fingerprint density at radius 2 is 1.54 bits per heavy atom. The molecule has 0 radical (unpaired) electrons. The Hall–Kier alpha value is -1.76. The fourth-order valence-electron chi connectivity index (χ4n) is 7.82.